The zero-order chi connectivity index (χ0) is 23.9. The van der Waals surface area contributed by atoms with Crippen molar-refractivity contribution in [3.63, 3.8) is 0 Å². The Bertz CT molecular complexity index is 1350. The number of aromatic nitrogens is 5. The summed E-state index contributed by atoms with van der Waals surface area (Å²) in [6.45, 7) is 2.59. The Morgan fingerprint density at radius 1 is 1.15 bits per heavy atom. The normalized spacial score (nSPS) is 13.8. The Morgan fingerprint density at radius 2 is 1.94 bits per heavy atom. The van der Waals surface area contributed by atoms with Gasteiger partial charge in [0.15, 0.2) is 5.82 Å². The van der Waals surface area contributed by atoms with Gasteiger partial charge in [0.1, 0.15) is 22.7 Å². The summed E-state index contributed by atoms with van der Waals surface area (Å²) in [6.07, 6.45) is -1.97. The molecule has 0 bridgehead atoms. The number of fused-ring (bicyclic) bond motifs is 2. The van der Waals surface area contributed by atoms with E-state index in [0.29, 0.717) is 23.7 Å². The monoisotopic (exact) mass is 488 g/mol. The minimum absolute atomic E-state index is 0.0813. The van der Waals surface area contributed by atoms with Crippen molar-refractivity contribution in [1.29, 1.82) is 0 Å². The number of aryl methyl sites for hydroxylation is 1. The topological polar surface area (TPSA) is 86.0 Å². The van der Waals surface area contributed by atoms with Gasteiger partial charge in [0, 0.05) is 23.5 Å². The average Bonchev–Trinajstić information content (AvgIpc) is 3.42. The van der Waals surface area contributed by atoms with Gasteiger partial charge < -0.3 is 14.2 Å². The second-order valence-electron chi connectivity index (χ2n) is 7.81. The molecule has 0 amide bonds. The van der Waals surface area contributed by atoms with Crippen molar-refractivity contribution in [1.82, 2.24) is 24.7 Å². The second kappa shape index (κ2) is 8.67. The van der Waals surface area contributed by atoms with Gasteiger partial charge in [-0.1, -0.05) is 13.3 Å². The summed E-state index contributed by atoms with van der Waals surface area (Å²) in [5.41, 5.74) is 0.516. The lowest BCUT2D eigenvalue weighted by Crippen LogP contribution is -2.36. The molecule has 1 aliphatic rings. The third kappa shape index (κ3) is 4.20. The number of hydrogen-bond acceptors (Lipinski definition) is 8. The molecular formula is C22H19F3N6O2S. The first-order chi connectivity index (χ1) is 16.4. The fraction of sp³-hybridized carbons (Fsp3) is 0.318. The maximum Gasteiger partial charge on any atom is 0.451 e. The highest BCUT2D eigenvalue weighted by Crippen LogP contribution is 2.36. The molecule has 0 aliphatic carbocycles. The van der Waals surface area contributed by atoms with E-state index < -0.39 is 12.0 Å². The number of rotatable bonds is 6. The number of thiophene rings is 1. The van der Waals surface area contributed by atoms with Crippen LogP contribution in [0, 0.1) is 0 Å². The second-order valence-corrected chi connectivity index (χ2v) is 8.93. The number of hydrogen-bond donors (Lipinski definition) is 0. The molecule has 34 heavy (non-hydrogen) atoms. The van der Waals surface area contributed by atoms with Gasteiger partial charge in [0.25, 0.3) is 0 Å². The van der Waals surface area contributed by atoms with Crippen molar-refractivity contribution in [2.24, 2.45) is 0 Å². The Kier molecular flexibility index (Phi) is 5.68. The van der Waals surface area contributed by atoms with Crippen LogP contribution < -0.4 is 9.64 Å². The van der Waals surface area contributed by atoms with E-state index >= 15 is 0 Å². The van der Waals surface area contributed by atoms with Crippen molar-refractivity contribution in [2.45, 2.75) is 39.0 Å². The molecule has 1 aromatic carbocycles. The zero-order valence-electron chi connectivity index (χ0n) is 18.0. The van der Waals surface area contributed by atoms with E-state index in [-0.39, 0.29) is 24.9 Å². The van der Waals surface area contributed by atoms with Crippen LogP contribution in [0.1, 0.15) is 40.2 Å². The van der Waals surface area contributed by atoms with E-state index in [4.69, 9.17) is 4.74 Å². The number of ether oxygens (including phenoxy) is 1. The third-order valence-corrected chi connectivity index (χ3v) is 6.52. The molecule has 0 saturated carbocycles. The predicted molar refractivity (Wildman–Crippen MR) is 119 cm³/mol. The SMILES string of the molecule is CCCc1cc2c(N3CCn4c(nnc4C(F)(F)F)C3)nc(Oc3ccc(C=O)cc3)nc2s1. The molecule has 1 aliphatic heterocycles. The minimum atomic E-state index is -4.56. The zero-order valence-corrected chi connectivity index (χ0v) is 18.9. The van der Waals surface area contributed by atoms with E-state index in [1.165, 1.54) is 11.3 Å². The van der Waals surface area contributed by atoms with Gasteiger partial charge in [-0.2, -0.15) is 23.1 Å². The van der Waals surface area contributed by atoms with Crippen LogP contribution in [0.25, 0.3) is 10.2 Å². The molecule has 176 valence electrons. The van der Waals surface area contributed by atoms with E-state index in [1.54, 1.807) is 24.3 Å². The van der Waals surface area contributed by atoms with Gasteiger partial charge in [0.05, 0.1) is 11.9 Å². The molecule has 0 N–H and O–H groups in total. The molecule has 12 heteroatoms. The Morgan fingerprint density at radius 3 is 2.65 bits per heavy atom. The highest BCUT2D eigenvalue weighted by atomic mass is 32.1. The predicted octanol–water partition coefficient (Wildman–Crippen LogP) is 4.88. The lowest BCUT2D eigenvalue weighted by molar-refractivity contribution is -0.147. The number of alkyl halides is 3. The first kappa shape index (κ1) is 22.3. The summed E-state index contributed by atoms with van der Waals surface area (Å²) < 4.78 is 46.7. The van der Waals surface area contributed by atoms with Gasteiger partial charge in [0.2, 0.25) is 5.82 Å². The van der Waals surface area contributed by atoms with Crippen LogP contribution in [0.2, 0.25) is 0 Å². The molecular weight excluding hydrogens is 469 g/mol. The number of nitrogens with zero attached hydrogens (tertiary/aromatic N) is 6. The molecule has 0 spiro atoms. The number of aldehydes is 1. The van der Waals surface area contributed by atoms with Crippen LogP contribution in [-0.4, -0.2) is 37.6 Å². The summed E-state index contributed by atoms with van der Waals surface area (Å²) in [7, 11) is 0. The van der Waals surface area contributed by atoms with Crippen molar-refractivity contribution in [3.05, 3.63) is 52.4 Å². The van der Waals surface area contributed by atoms with Crippen molar-refractivity contribution < 1.29 is 22.7 Å². The average molecular weight is 488 g/mol. The van der Waals surface area contributed by atoms with E-state index in [1.807, 2.05) is 11.0 Å². The van der Waals surface area contributed by atoms with Gasteiger partial charge >= 0.3 is 12.2 Å². The summed E-state index contributed by atoms with van der Waals surface area (Å²) >= 11 is 1.54. The Hall–Kier alpha value is -3.54. The summed E-state index contributed by atoms with van der Waals surface area (Å²) in [6, 6.07) is 8.70. The van der Waals surface area contributed by atoms with Crippen LogP contribution >= 0.6 is 11.3 Å². The lowest BCUT2D eigenvalue weighted by atomic mass is 10.2. The van der Waals surface area contributed by atoms with Crippen LogP contribution in [0.15, 0.2) is 30.3 Å². The number of halogens is 3. The van der Waals surface area contributed by atoms with Gasteiger partial charge in [-0.15, -0.1) is 21.5 Å². The van der Waals surface area contributed by atoms with Crippen molar-refractivity contribution in [3.8, 4) is 11.8 Å². The standard InChI is InChI=1S/C22H19F3N6O2S/c1-2-3-15-10-16-18(30-8-9-31-17(11-30)28-29-20(31)22(23,24)25)26-21(27-19(16)34-15)33-14-6-4-13(12-32)5-7-14/h4-7,10,12H,2-3,8-9,11H2,1H3. The maximum atomic E-state index is 13.2. The fourth-order valence-electron chi connectivity index (χ4n) is 3.86. The van der Waals surface area contributed by atoms with Crippen molar-refractivity contribution >= 4 is 33.7 Å². The quantitative estimate of drug-likeness (QED) is 0.358. The summed E-state index contributed by atoms with van der Waals surface area (Å²) in [4.78, 5) is 23.8. The molecule has 0 radical (unpaired) electrons. The minimum Gasteiger partial charge on any atom is -0.424 e. The highest BCUT2D eigenvalue weighted by molar-refractivity contribution is 7.18. The highest BCUT2D eigenvalue weighted by Gasteiger charge is 2.39. The van der Waals surface area contributed by atoms with Crippen LogP contribution in [-0.2, 0) is 25.7 Å². The molecule has 0 fully saturated rings. The van der Waals surface area contributed by atoms with E-state index in [9.17, 15) is 18.0 Å². The third-order valence-electron chi connectivity index (χ3n) is 5.43. The molecule has 4 aromatic rings. The number of carbonyl (C=O) groups is 1. The number of benzene rings is 1. The molecule has 5 rings (SSSR count). The molecule has 0 atom stereocenters. The number of carbonyl (C=O) groups excluding carboxylic acids is 1. The van der Waals surface area contributed by atoms with Gasteiger partial charge in [-0.25, -0.2) is 0 Å². The molecule has 3 aromatic heterocycles. The van der Waals surface area contributed by atoms with E-state index in [0.717, 1.165) is 38.8 Å². The Labute approximate surface area is 196 Å². The molecule has 0 unspecified atom stereocenters. The Balaban J connectivity index is 1.52. The smallest absolute Gasteiger partial charge is 0.424 e. The maximum absolute atomic E-state index is 13.2. The van der Waals surface area contributed by atoms with Gasteiger partial charge in [-0.3, -0.25) is 4.79 Å². The van der Waals surface area contributed by atoms with Crippen LogP contribution in [0.3, 0.4) is 0 Å². The van der Waals surface area contributed by atoms with Crippen molar-refractivity contribution in [2.75, 3.05) is 11.4 Å². The van der Waals surface area contributed by atoms with E-state index in [2.05, 4.69) is 27.1 Å². The molecule has 4 heterocycles. The molecule has 0 saturated heterocycles. The van der Waals surface area contributed by atoms with Gasteiger partial charge in [-0.05, 0) is 36.8 Å². The lowest BCUT2D eigenvalue weighted by Gasteiger charge is -2.29. The summed E-state index contributed by atoms with van der Waals surface area (Å²) in [5.74, 6) is 0.278. The van der Waals surface area contributed by atoms with Crippen LogP contribution in [0.4, 0.5) is 19.0 Å². The first-order valence-corrected chi connectivity index (χ1v) is 11.4. The number of anilines is 1. The first-order valence-electron chi connectivity index (χ1n) is 10.6. The largest absolute Gasteiger partial charge is 0.451 e. The molecule has 8 nitrogen and oxygen atoms in total. The van der Waals surface area contributed by atoms with Crippen LogP contribution in [0.5, 0.6) is 11.8 Å². The fourth-order valence-corrected chi connectivity index (χ4v) is 4.98. The summed E-state index contributed by atoms with van der Waals surface area (Å²) in [5, 5.41) is 7.95.